The maximum absolute atomic E-state index is 13.7. The van der Waals surface area contributed by atoms with Crippen LogP contribution in [0.4, 0.5) is 23.8 Å². The van der Waals surface area contributed by atoms with Gasteiger partial charge in [0.2, 0.25) is 0 Å². The van der Waals surface area contributed by atoms with Crippen LogP contribution in [0, 0.1) is 5.41 Å². The Kier molecular flexibility index (Phi) is 8.96. The van der Waals surface area contributed by atoms with Gasteiger partial charge in [0, 0.05) is 19.0 Å². The maximum Gasteiger partial charge on any atom is 0.422 e. The van der Waals surface area contributed by atoms with Crippen LogP contribution in [-0.4, -0.2) is 42.7 Å². The van der Waals surface area contributed by atoms with Gasteiger partial charge < -0.3 is 14.2 Å². The van der Waals surface area contributed by atoms with Crippen LogP contribution in [0.1, 0.15) is 61.3 Å². The summed E-state index contributed by atoms with van der Waals surface area (Å²) in [4.78, 5) is 27.9. The van der Waals surface area contributed by atoms with Crippen LogP contribution in [0.3, 0.4) is 0 Å². The van der Waals surface area contributed by atoms with E-state index in [1.54, 1.807) is 20.8 Å². The number of amides is 1. The van der Waals surface area contributed by atoms with Crippen molar-refractivity contribution >= 4 is 22.7 Å². The number of anilines is 1. The SMILES string of the molecule is CCCCOc1c(N(C)C(=O)OC(C)(C)C)n(CC(C)(C)C)c(=O)c2ccc(OCC(F)(F)F)cc12. The molecule has 1 amide bonds. The Labute approximate surface area is 210 Å². The predicted octanol–water partition coefficient (Wildman–Crippen LogP) is 6.54. The standard InChI is InChI=1S/C26H37F3N2O5/c1-9-10-13-34-20-19-14-17(35-16-26(27,28)29)11-12-18(19)22(32)31(15-24(2,3)4)21(20)30(8)23(33)36-25(5,6)7/h11-12,14H,9-10,13,15-16H2,1-8H3. The van der Waals surface area contributed by atoms with Crippen molar-refractivity contribution < 1.29 is 32.2 Å². The number of fused-ring (bicyclic) bond motifs is 1. The zero-order valence-corrected chi connectivity index (χ0v) is 22.3. The zero-order chi connectivity index (χ0) is 27.5. The molecule has 0 aliphatic heterocycles. The Balaban J connectivity index is 2.84. The molecule has 0 unspecified atom stereocenters. The average Bonchev–Trinajstić information content (AvgIpc) is 2.72. The lowest BCUT2D eigenvalue weighted by Gasteiger charge is -2.30. The highest BCUT2D eigenvalue weighted by atomic mass is 19.4. The summed E-state index contributed by atoms with van der Waals surface area (Å²) in [6.45, 7) is 12.1. The van der Waals surface area contributed by atoms with E-state index in [0.29, 0.717) is 6.42 Å². The van der Waals surface area contributed by atoms with E-state index in [0.717, 1.165) is 6.42 Å². The van der Waals surface area contributed by atoms with Crippen molar-refractivity contribution in [2.24, 2.45) is 5.41 Å². The summed E-state index contributed by atoms with van der Waals surface area (Å²) in [7, 11) is 1.48. The smallest absolute Gasteiger partial charge is 0.422 e. The number of benzene rings is 1. The molecule has 0 aliphatic rings. The molecule has 0 saturated carbocycles. The van der Waals surface area contributed by atoms with Gasteiger partial charge in [0.1, 0.15) is 11.4 Å². The van der Waals surface area contributed by atoms with Gasteiger partial charge in [-0.05, 0) is 50.8 Å². The molecule has 0 spiro atoms. The van der Waals surface area contributed by atoms with Gasteiger partial charge in [0.25, 0.3) is 5.56 Å². The van der Waals surface area contributed by atoms with Gasteiger partial charge in [0.15, 0.2) is 18.2 Å². The fraction of sp³-hybridized carbons (Fsp3) is 0.615. The topological polar surface area (TPSA) is 70.0 Å². The number of alkyl halides is 3. The average molecular weight is 515 g/mol. The number of aromatic nitrogens is 1. The van der Waals surface area contributed by atoms with Crippen LogP contribution < -0.4 is 19.9 Å². The number of carbonyl (C=O) groups is 1. The summed E-state index contributed by atoms with van der Waals surface area (Å²) in [5.74, 6) is 0.299. The monoisotopic (exact) mass is 514 g/mol. The molecule has 202 valence electrons. The van der Waals surface area contributed by atoms with Crippen LogP contribution in [0.5, 0.6) is 11.5 Å². The van der Waals surface area contributed by atoms with Crippen LogP contribution in [0.2, 0.25) is 0 Å². The lowest BCUT2D eigenvalue weighted by atomic mass is 9.96. The molecule has 0 N–H and O–H groups in total. The van der Waals surface area contributed by atoms with E-state index in [4.69, 9.17) is 14.2 Å². The first-order chi connectivity index (χ1) is 16.4. The first-order valence-corrected chi connectivity index (χ1v) is 11.9. The lowest BCUT2D eigenvalue weighted by molar-refractivity contribution is -0.153. The molecule has 0 radical (unpaired) electrons. The molecule has 10 heteroatoms. The molecule has 1 aromatic heterocycles. The van der Waals surface area contributed by atoms with E-state index >= 15 is 0 Å². The number of hydrogen-bond acceptors (Lipinski definition) is 5. The van der Waals surface area contributed by atoms with Crippen LogP contribution in [0.15, 0.2) is 23.0 Å². The zero-order valence-electron chi connectivity index (χ0n) is 22.3. The van der Waals surface area contributed by atoms with Gasteiger partial charge in [0.05, 0.1) is 12.0 Å². The fourth-order valence-electron chi connectivity index (χ4n) is 3.47. The number of hydrogen-bond donors (Lipinski definition) is 0. The molecule has 0 aliphatic carbocycles. The normalized spacial score (nSPS) is 12.5. The third kappa shape index (κ3) is 8.06. The molecule has 2 aromatic rings. The van der Waals surface area contributed by atoms with E-state index in [1.165, 1.54) is 34.7 Å². The molecular weight excluding hydrogens is 477 g/mol. The maximum atomic E-state index is 13.7. The minimum Gasteiger partial charge on any atom is -0.489 e. The summed E-state index contributed by atoms with van der Waals surface area (Å²) in [6.07, 6.45) is -3.70. The van der Waals surface area contributed by atoms with E-state index < -0.39 is 30.0 Å². The number of rotatable bonds is 8. The molecule has 0 fully saturated rings. The first-order valence-electron chi connectivity index (χ1n) is 11.9. The molecule has 0 atom stereocenters. The van der Waals surface area contributed by atoms with Crippen LogP contribution in [0.25, 0.3) is 10.8 Å². The second-order valence-corrected chi connectivity index (χ2v) is 11.0. The molecule has 0 bridgehead atoms. The Morgan fingerprint density at radius 2 is 1.67 bits per heavy atom. The highest BCUT2D eigenvalue weighted by Crippen LogP contribution is 2.38. The lowest BCUT2D eigenvalue weighted by Crippen LogP contribution is -2.39. The van der Waals surface area contributed by atoms with E-state index in [1.807, 2.05) is 27.7 Å². The Bertz CT molecular complexity index is 1130. The van der Waals surface area contributed by atoms with Gasteiger partial charge in [-0.25, -0.2) is 4.79 Å². The second kappa shape index (κ2) is 11.0. The van der Waals surface area contributed by atoms with E-state index in [-0.39, 0.29) is 46.7 Å². The molecule has 2 rings (SSSR count). The van der Waals surface area contributed by atoms with Crippen LogP contribution >= 0.6 is 0 Å². The largest absolute Gasteiger partial charge is 0.489 e. The van der Waals surface area contributed by atoms with Crippen molar-refractivity contribution in [2.45, 2.75) is 79.6 Å². The minimum absolute atomic E-state index is 0.0704. The highest BCUT2D eigenvalue weighted by molar-refractivity contribution is 5.97. The molecule has 1 heterocycles. The fourth-order valence-corrected chi connectivity index (χ4v) is 3.47. The molecular formula is C26H37F3N2O5. The van der Waals surface area contributed by atoms with Crippen molar-refractivity contribution in [1.29, 1.82) is 0 Å². The summed E-state index contributed by atoms with van der Waals surface area (Å²) in [6, 6.07) is 4.09. The number of nitrogens with zero attached hydrogens (tertiary/aromatic N) is 2. The minimum atomic E-state index is -4.52. The summed E-state index contributed by atoms with van der Waals surface area (Å²) >= 11 is 0. The Hall–Kier alpha value is -2.91. The first kappa shape index (κ1) is 29.3. The van der Waals surface area contributed by atoms with Crippen molar-refractivity contribution in [3.8, 4) is 11.5 Å². The quantitative estimate of drug-likeness (QED) is 0.374. The van der Waals surface area contributed by atoms with Crippen molar-refractivity contribution in [3.63, 3.8) is 0 Å². The summed E-state index contributed by atoms with van der Waals surface area (Å²) in [5.41, 5.74) is -1.55. The van der Waals surface area contributed by atoms with Crippen molar-refractivity contribution in [1.82, 2.24) is 4.57 Å². The highest BCUT2D eigenvalue weighted by Gasteiger charge is 2.31. The number of unbranched alkanes of at least 4 members (excludes halogenated alkanes) is 1. The molecule has 36 heavy (non-hydrogen) atoms. The summed E-state index contributed by atoms with van der Waals surface area (Å²) in [5, 5.41) is 0.498. The Morgan fingerprint density at radius 3 is 2.19 bits per heavy atom. The van der Waals surface area contributed by atoms with E-state index in [2.05, 4.69) is 0 Å². The number of ether oxygens (including phenoxy) is 3. The van der Waals surface area contributed by atoms with Gasteiger partial charge in [-0.2, -0.15) is 13.2 Å². The number of carbonyl (C=O) groups excluding carboxylic acids is 1. The predicted molar refractivity (Wildman–Crippen MR) is 134 cm³/mol. The molecule has 0 saturated heterocycles. The van der Waals surface area contributed by atoms with Gasteiger partial charge in [-0.1, -0.05) is 34.1 Å². The third-order valence-corrected chi connectivity index (χ3v) is 4.93. The number of halogens is 3. The Morgan fingerprint density at radius 1 is 1.03 bits per heavy atom. The molecule has 1 aromatic carbocycles. The van der Waals surface area contributed by atoms with Gasteiger partial charge in [-0.15, -0.1) is 0 Å². The molecule has 7 nitrogen and oxygen atoms in total. The second-order valence-electron chi connectivity index (χ2n) is 11.0. The van der Waals surface area contributed by atoms with Crippen LogP contribution in [-0.2, 0) is 11.3 Å². The number of pyridine rings is 1. The van der Waals surface area contributed by atoms with Gasteiger partial charge >= 0.3 is 12.3 Å². The van der Waals surface area contributed by atoms with E-state index in [9.17, 15) is 22.8 Å². The van der Waals surface area contributed by atoms with Crippen molar-refractivity contribution in [2.75, 3.05) is 25.2 Å². The third-order valence-electron chi connectivity index (χ3n) is 4.93. The summed E-state index contributed by atoms with van der Waals surface area (Å²) < 4.78 is 56.3. The van der Waals surface area contributed by atoms with Gasteiger partial charge in [-0.3, -0.25) is 14.3 Å². The van der Waals surface area contributed by atoms with Crippen molar-refractivity contribution in [3.05, 3.63) is 28.6 Å².